The van der Waals surface area contributed by atoms with Crippen LogP contribution in [-0.2, 0) is 11.2 Å². The van der Waals surface area contributed by atoms with Gasteiger partial charge >= 0.3 is 0 Å². The van der Waals surface area contributed by atoms with Crippen LogP contribution in [0.15, 0.2) is 18.2 Å². The monoisotopic (exact) mass is 194 g/mol. The molecule has 0 aliphatic heterocycles. The smallest absolute Gasteiger partial charge is 0.298 e. The number of unbranched alkanes of at least 4 members (excludes halogenated alkanes) is 1. The molecule has 1 aromatic carbocycles. The SMILES string of the molecule is CCCCc1cccc(OC=O)c1O. The van der Waals surface area contributed by atoms with Gasteiger partial charge in [0, 0.05) is 0 Å². The number of phenols is 1. The molecule has 14 heavy (non-hydrogen) atoms. The van der Waals surface area contributed by atoms with Crippen LogP contribution in [0.5, 0.6) is 11.5 Å². The summed E-state index contributed by atoms with van der Waals surface area (Å²) in [6.45, 7) is 2.40. The number of para-hydroxylation sites is 1. The van der Waals surface area contributed by atoms with E-state index in [-0.39, 0.29) is 11.5 Å². The summed E-state index contributed by atoms with van der Waals surface area (Å²) in [5.74, 6) is 0.307. The lowest BCUT2D eigenvalue weighted by molar-refractivity contribution is -0.120. The van der Waals surface area contributed by atoms with Crippen LogP contribution >= 0.6 is 0 Å². The van der Waals surface area contributed by atoms with Gasteiger partial charge in [0.05, 0.1) is 0 Å². The van der Waals surface area contributed by atoms with Crippen LogP contribution in [0, 0.1) is 0 Å². The molecule has 0 aliphatic carbocycles. The molecule has 0 saturated heterocycles. The van der Waals surface area contributed by atoms with Gasteiger partial charge in [-0.3, -0.25) is 4.79 Å². The van der Waals surface area contributed by atoms with Crippen LogP contribution in [0.2, 0.25) is 0 Å². The first-order valence-electron chi connectivity index (χ1n) is 4.70. The van der Waals surface area contributed by atoms with Gasteiger partial charge in [0.1, 0.15) is 0 Å². The number of ether oxygens (including phenoxy) is 1. The van der Waals surface area contributed by atoms with Crippen LogP contribution in [-0.4, -0.2) is 11.6 Å². The van der Waals surface area contributed by atoms with E-state index in [1.807, 2.05) is 6.07 Å². The molecule has 0 fully saturated rings. The van der Waals surface area contributed by atoms with Gasteiger partial charge in [-0.05, 0) is 24.5 Å². The number of aromatic hydroxyl groups is 1. The van der Waals surface area contributed by atoms with Crippen LogP contribution in [0.4, 0.5) is 0 Å². The highest BCUT2D eigenvalue weighted by atomic mass is 16.5. The highest BCUT2D eigenvalue weighted by molar-refractivity contribution is 5.53. The van der Waals surface area contributed by atoms with E-state index >= 15 is 0 Å². The summed E-state index contributed by atoms with van der Waals surface area (Å²) < 4.78 is 4.63. The second kappa shape index (κ2) is 5.27. The van der Waals surface area contributed by atoms with Crippen molar-refractivity contribution in [3.05, 3.63) is 23.8 Å². The summed E-state index contributed by atoms with van der Waals surface area (Å²) in [6.07, 6.45) is 2.88. The third-order valence-electron chi connectivity index (χ3n) is 2.06. The highest BCUT2D eigenvalue weighted by Crippen LogP contribution is 2.30. The van der Waals surface area contributed by atoms with Crippen LogP contribution in [0.3, 0.4) is 0 Å². The van der Waals surface area contributed by atoms with E-state index in [4.69, 9.17) is 0 Å². The average Bonchev–Trinajstić information content (AvgIpc) is 2.20. The predicted octanol–water partition coefficient (Wildman–Crippen LogP) is 2.27. The Morgan fingerprint density at radius 3 is 2.93 bits per heavy atom. The maximum Gasteiger partial charge on any atom is 0.298 e. The van der Waals surface area contributed by atoms with E-state index < -0.39 is 0 Å². The van der Waals surface area contributed by atoms with Crippen molar-refractivity contribution >= 4 is 6.47 Å². The summed E-state index contributed by atoms with van der Waals surface area (Å²) >= 11 is 0. The molecule has 0 amide bonds. The van der Waals surface area contributed by atoms with Crippen LogP contribution < -0.4 is 4.74 Å². The summed E-state index contributed by atoms with van der Waals surface area (Å²) in [4.78, 5) is 10.1. The van der Waals surface area contributed by atoms with E-state index in [0.29, 0.717) is 6.47 Å². The molecular formula is C11H14O3. The number of carbonyl (C=O) groups is 1. The molecule has 0 aromatic heterocycles. The average molecular weight is 194 g/mol. The van der Waals surface area contributed by atoms with Gasteiger partial charge in [-0.2, -0.15) is 0 Å². The number of rotatable bonds is 5. The second-order valence-corrected chi connectivity index (χ2v) is 3.08. The Balaban J connectivity index is 2.83. The molecule has 0 atom stereocenters. The maximum absolute atomic E-state index is 10.1. The first-order valence-corrected chi connectivity index (χ1v) is 4.70. The minimum atomic E-state index is 0.0769. The maximum atomic E-state index is 10.1. The summed E-state index contributed by atoms with van der Waals surface area (Å²) in [5, 5.41) is 9.66. The van der Waals surface area contributed by atoms with E-state index in [1.165, 1.54) is 0 Å². The fourth-order valence-corrected chi connectivity index (χ4v) is 1.28. The summed E-state index contributed by atoms with van der Waals surface area (Å²) in [5.41, 5.74) is 0.825. The Morgan fingerprint density at radius 1 is 1.50 bits per heavy atom. The van der Waals surface area contributed by atoms with Crippen LogP contribution in [0.25, 0.3) is 0 Å². The molecule has 0 unspecified atom stereocenters. The van der Waals surface area contributed by atoms with Crippen molar-refractivity contribution in [2.75, 3.05) is 0 Å². The van der Waals surface area contributed by atoms with Crippen LogP contribution in [0.1, 0.15) is 25.3 Å². The summed E-state index contributed by atoms with van der Waals surface area (Å²) in [6, 6.07) is 5.17. The Hall–Kier alpha value is -1.51. The Labute approximate surface area is 83.3 Å². The fraction of sp³-hybridized carbons (Fsp3) is 0.364. The number of carbonyl (C=O) groups excluding carboxylic acids is 1. The van der Waals surface area contributed by atoms with Crippen molar-refractivity contribution in [1.29, 1.82) is 0 Å². The van der Waals surface area contributed by atoms with E-state index in [9.17, 15) is 9.90 Å². The molecule has 0 spiro atoms. The zero-order chi connectivity index (χ0) is 10.4. The first kappa shape index (κ1) is 10.6. The van der Waals surface area contributed by atoms with Gasteiger partial charge in [0.15, 0.2) is 11.5 Å². The number of benzene rings is 1. The van der Waals surface area contributed by atoms with Gasteiger partial charge in [-0.1, -0.05) is 25.5 Å². The number of phenolic OH excluding ortho intramolecular Hbond substituents is 1. The van der Waals surface area contributed by atoms with E-state index in [1.54, 1.807) is 12.1 Å². The van der Waals surface area contributed by atoms with E-state index in [0.717, 1.165) is 24.8 Å². The molecule has 1 rings (SSSR count). The van der Waals surface area contributed by atoms with Crippen molar-refractivity contribution in [2.45, 2.75) is 26.2 Å². The molecule has 0 bridgehead atoms. The third-order valence-corrected chi connectivity index (χ3v) is 2.06. The molecule has 0 aliphatic rings. The number of aryl methyl sites for hydroxylation is 1. The molecule has 3 nitrogen and oxygen atoms in total. The van der Waals surface area contributed by atoms with Crippen molar-refractivity contribution in [1.82, 2.24) is 0 Å². The molecule has 1 N–H and O–H groups in total. The third kappa shape index (κ3) is 2.49. The van der Waals surface area contributed by atoms with E-state index in [2.05, 4.69) is 11.7 Å². The molecule has 1 aromatic rings. The zero-order valence-electron chi connectivity index (χ0n) is 8.19. The Kier molecular flexibility index (Phi) is 3.98. The molecule has 0 saturated carbocycles. The normalized spacial score (nSPS) is 9.79. The van der Waals surface area contributed by atoms with Gasteiger partial charge in [-0.25, -0.2) is 0 Å². The molecule has 3 heteroatoms. The van der Waals surface area contributed by atoms with Crippen molar-refractivity contribution in [2.24, 2.45) is 0 Å². The molecule has 76 valence electrons. The first-order chi connectivity index (χ1) is 6.79. The number of hydrogen-bond donors (Lipinski definition) is 1. The van der Waals surface area contributed by atoms with Crippen molar-refractivity contribution < 1.29 is 14.6 Å². The second-order valence-electron chi connectivity index (χ2n) is 3.08. The highest BCUT2D eigenvalue weighted by Gasteiger charge is 2.06. The fourth-order valence-electron chi connectivity index (χ4n) is 1.28. The van der Waals surface area contributed by atoms with Crippen molar-refractivity contribution in [3.8, 4) is 11.5 Å². The lowest BCUT2D eigenvalue weighted by atomic mass is 10.1. The lowest BCUT2D eigenvalue weighted by Gasteiger charge is -2.06. The standard InChI is InChI=1S/C11H14O3/c1-2-3-5-9-6-4-7-10(11(9)13)14-8-12/h4,6-8,13H,2-3,5H2,1H3. The number of hydrogen-bond acceptors (Lipinski definition) is 3. The molecule has 0 heterocycles. The summed E-state index contributed by atoms with van der Waals surface area (Å²) in [7, 11) is 0. The van der Waals surface area contributed by atoms with Crippen molar-refractivity contribution in [3.63, 3.8) is 0 Å². The Morgan fingerprint density at radius 2 is 2.29 bits per heavy atom. The lowest BCUT2D eigenvalue weighted by Crippen LogP contribution is -1.92. The minimum Gasteiger partial charge on any atom is -0.504 e. The minimum absolute atomic E-state index is 0.0769. The van der Waals surface area contributed by atoms with Gasteiger partial charge in [0.25, 0.3) is 6.47 Å². The quantitative estimate of drug-likeness (QED) is 0.731. The van der Waals surface area contributed by atoms with Gasteiger partial charge in [-0.15, -0.1) is 0 Å². The molecular weight excluding hydrogens is 180 g/mol. The van der Waals surface area contributed by atoms with Gasteiger partial charge < -0.3 is 9.84 Å². The predicted molar refractivity (Wildman–Crippen MR) is 53.4 cm³/mol. The molecule has 0 radical (unpaired) electrons. The van der Waals surface area contributed by atoms with Gasteiger partial charge in [0.2, 0.25) is 0 Å². The Bertz CT molecular complexity index is 307. The largest absolute Gasteiger partial charge is 0.504 e. The zero-order valence-corrected chi connectivity index (χ0v) is 8.19. The topological polar surface area (TPSA) is 46.5 Å².